The first-order valence-corrected chi connectivity index (χ1v) is 6.38. The molecule has 0 bridgehead atoms. The number of ether oxygens (including phenoxy) is 4. The van der Waals surface area contributed by atoms with Gasteiger partial charge in [-0.15, -0.1) is 0 Å². The number of nitrogens with two attached hydrogens (primary N) is 1. The summed E-state index contributed by atoms with van der Waals surface area (Å²) in [6, 6.07) is 5.71. The minimum Gasteiger partial charge on any atom is -0.493 e. The summed E-state index contributed by atoms with van der Waals surface area (Å²) in [5.74, 6) is 1.44. The topological polar surface area (TPSA) is 62.9 Å². The fraction of sp³-hybridized carbons (Fsp3) is 0.571. The van der Waals surface area contributed by atoms with Crippen LogP contribution in [-0.2, 0) is 16.0 Å². The molecule has 108 valence electrons. The molecule has 0 aliphatic rings. The first-order valence-electron chi connectivity index (χ1n) is 6.38. The minimum absolute atomic E-state index is 0.487. The van der Waals surface area contributed by atoms with E-state index in [1.165, 1.54) is 0 Å². The second-order valence-electron chi connectivity index (χ2n) is 4.00. The molecule has 0 spiro atoms. The van der Waals surface area contributed by atoms with Gasteiger partial charge in [0.25, 0.3) is 0 Å². The standard InChI is InChI=1S/C14H23NO4/c1-16-8-9-18-6-3-7-19-14-10-12(11-15)4-5-13(14)17-2/h4-5,10H,3,6-9,11,15H2,1-2H3. The highest BCUT2D eigenvalue weighted by atomic mass is 16.5. The highest BCUT2D eigenvalue weighted by Gasteiger charge is 2.05. The van der Waals surface area contributed by atoms with Crippen molar-refractivity contribution in [2.24, 2.45) is 5.73 Å². The third-order valence-corrected chi connectivity index (χ3v) is 2.59. The van der Waals surface area contributed by atoms with Gasteiger partial charge in [-0.05, 0) is 17.7 Å². The van der Waals surface area contributed by atoms with Crippen molar-refractivity contribution in [3.63, 3.8) is 0 Å². The second kappa shape index (κ2) is 9.61. The number of rotatable bonds is 10. The van der Waals surface area contributed by atoms with E-state index in [0.29, 0.717) is 33.0 Å². The van der Waals surface area contributed by atoms with E-state index in [2.05, 4.69) is 0 Å². The minimum atomic E-state index is 0.487. The molecule has 0 atom stereocenters. The van der Waals surface area contributed by atoms with E-state index in [1.807, 2.05) is 18.2 Å². The van der Waals surface area contributed by atoms with E-state index < -0.39 is 0 Å². The quantitative estimate of drug-likeness (QED) is 0.653. The fourth-order valence-electron chi connectivity index (χ4n) is 1.55. The van der Waals surface area contributed by atoms with Gasteiger partial charge in [0.2, 0.25) is 0 Å². The maximum Gasteiger partial charge on any atom is 0.161 e. The lowest BCUT2D eigenvalue weighted by atomic mass is 10.2. The fourth-order valence-corrected chi connectivity index (χ4v) is 1.55. The van der Waals surface area contributed by atoms with Crippen molar-refractivity contribution < 1.29 is 18.9 Å². The summed E-state index contributed by atoms with van der Waals surface area (Å²) >= 11 is 0. The van der Waals surface area contributed by atoms with E-state index in [4.69, 9.17) is 24.7 Å². The van der Waals surface area contributed by atoms with Gasteiger partial charge in [-0.25, -0.2) is 0 Å². The molecule has 0 aromatic heterocycles. The van der Waals surface area contributed by atoms with Gasteiger partial charge in [-0.3, -0.25) is 0 Å². The van der Waals surface area contributed by atoms with Crippen molar-refractivity contribution in [1.82, 2.24) is 0 Å². The number of hydrogen-bond acceptors (Lipinski definition) is 5. The van der Waals surface area contributed by atoms with Crippen LogP contribution in [0, 0.1) is 0 Å². The zero-order chi connectivity index (χ0) is 13.9. The summed E-state index contributed by atoms with van der Waals surface area (Å²) in [5.41, 5.74) is 6.63. The van der Waals surface area contributed by atoms with Crippen LogP contribution in [0.4, 0.5) is 0 Å². The Morgan fingerprint density at radius 2 is 1.84 bits per heavy atom. The predicted molar refractivity (Wildman–Crippen MR) is 73.7 cm³/mol. The molecular weight excluding hydrogens is 246 g/mol. The van der Waals surface area contributed by atoms with Crippen molar-refractivity contribution in [3.05, 3.63) is 23.8 Å². The summed E-state index contributed by atoms with van der Waals surface area (Å²) in [6.07, 6.45) is 0.819. The molecular formula is C14H23NO4. The van der Waals surface area contributed by atoms with Crippen molar-refractivity contribution >= 4 is 0 Å². The van der Waals surface area contributed by atoms with Crippen LogP contribution in [0.15, 0.2) is 18.2 Å². The molecule has 2 N–H and O–H groups in total. The Labute approximate surface area is 114 Å². The van der Waals surface area contributed by atoms with Gasteiger partial charge in [0.1, 0.15) is 0 Å². The molecule has 5 heteroatoms. The average molecular weight is 269 g/mol. The summed E-state index contributed by atoms with van der Waals surface area (Å²) in [6.45, 7) is 2.95. The highest BCUT2D eigenvalue weighted by molar-refractivity contribution is 5.42. The van der Waals surface area contributed by atoms with Crippen LogP contribution in [0.5, 0.6) is 11.5 Å². The van der Waals surface area contributed by atoms with Crippen LogP contribution in [0.3, 0.4) is 0 Å². The van der Waals surface area contributed by atoms with Crippen molar-refractivity contribution in [1.29, 1.82) is 0 Å². The highest BCUT2D eigenvalue weighted by Crippen LogP contribution is 2.27. The van der Waals surface area contributed by atoms with Gasteiger partial charge in [-0.2, -0.15) is 0 Å². The maximum absolute atomic E-state index is 5.69. The lowest BCUT2D eigenvalue weighted by molar-refractivity contribution is 0.0643. The zero-order valence-electron chi connectivity index (χ0n) is 11.7. The second-order valence-corrected chi connectivity index (χ2v) is 4.00. The van der Waals surface area contributed by atoms with Gasteiger partial charge in [-0.1, -0.05) is 6.07 Å². The Bertz CT molecular complexity index is 357. The maximum atomic E-state index is 5.69. The van der Waals surface area contributed by atoms with Gasteiger partial charge in [0.15, 0.2) is 11.5 Å². The van der Waals surface area contributed by atoms with Crippen molar-refractivity contribution in [2.45, 2.75) is 13.0 Å². The Balaban J connectivity index is 2.31. The molecule has 0 unspecified atom stereocenters. The van der Waals surface area contributed by atoms with Gasteiger partial charge in [0.05, 0.1) is 26.9 Å². The van der Waals surface area contributed by atoms with Crippen LogP contribution in [0.1, 0.15) is 12.0 Å². The van der Waals surface area contributed by atoms with E-state index in [0.717, 1.165) is 23.5 Å². The molecule has 0 aliphatic carbocycles. The first kappa shape index (κ1) is 15.8. The Morgan fingerprint density at radius 3 is 2.53 bits per heavy atom. The van der Waals surface area contributed by atoms with E-state index >= 15 is 0 Å². The lowest BCUT2D eigenvalue weighted by Crippen LogP contribution is -2.07. The smallest absolute Gasteiger partial charge is 0.161 e. The molecule has 0 heterocycles. The zero-order valence-corrected chi connectivity index (χ0v) is 11.7. The van der Waals surface area contributed by atoms with Crippen molar-refractivity contribution in [3.8, 4) is 11.5 Å². The molecule has 1 rings (SSSR count). The summed E-state index contributed by atoms with van der Waals surface area (Å²) in [4.78, 5) is 0. The molecule has 0 saturated carbocycles. The molecule has 1 aromatic carbocycles. The molecule has 19 heavy (non-hydrogen) atoms. The largest absolute Gasteiger partial charge is 0.493 e. The molecule has 1 aromatic rings. The monoisotopic (exact) mass is 269 g/mol. The lowest BCUT2D eigenvalue weighted by Gasteiger charge is -2.12. The van der Waals surface area contributed by atoms with Crippen LogP contribution in [0.2, 0.25) is 0 Å². The predicted octanol–water partition coefficient (Wildman–Crippen LogP) is 1.59. The summed E-state index contributed by atoms with van der Waals surface area (Å²) in [7, 11) is 3.28. The number of benzene rings is 1. The normalized spacial score (nSPS) is 10.5. The summed E-state index contributed by atoms with van der Waals surface area (Å²) < 4.78 is 21.2. The molecule has 5 nitrogen and oxygen atoms in total. The molecule has 0 aliphatic heterocycles. The van der Waals surface area contributed by atoms with Crippen LogP contribution in [0.25, 0.3) is 0 Å². The summed E-state index contributed by atoms with van der Waals surface area (Å²) in [5, 5.41) is 0. The van der Waals surface area contributed by atoms with Crippen LogP contribution >= 0.6 is 0 Å². The van der Waals surface area contributed by atoms with Crippen LogP contribution < -0.4 is 15.2 Å². The van der Waals surface area contributed by atoms with Crippen molar-refractivity contribution in [2.75, 3.05) is 40.6 Å². The Hall–Kier alpha value is -1.30. The van der Waals surface area contributed by atoms with E-state index in [1.54, 1.807) is 14.2 Å². The van der Waals surface area contributed by atoms with Gasteiger partial charge >= 0.3 is 0 Å². The molecule has 0 radical (unpaired) electrons. The Kier molecular flexibility index (Phi) is 7.97. The molecule has 0 fully saturated rings. The third kappa shape index (κ3) is 5.92. The first-order chi connectivity index (χ1) is 9.31. The van der Waals surface area contributed by atoms with Crippen LogP contribution in [-0.4, -0.2) is 40.6 Å². The number of methoxy groups -OCH3 is 2. The molecule has 0 amide bonds. The van der Waals surface area contributed by atoms with E-state index in [9.17, 15) is 0 Å². The van der Waals surface area contributed by atoms with Gasteiger partial charge in [0, 0.05) is 26.7 Å². The van der Waals surface area contributed by atoms with Gasteiger partial charge < -0.3 is 24.7 Å². The third-order valence-electron chi connectivity index (χ3n) is 2.59. The average Bonchev–Trinajstić information content (AvgIpc) is 2.46. The SMILES string of the molecule is COCCOCCCOc1cc(CN)ccc1OC. The molecule has 0 saturated heterocycles. The number of hydrogen-bond donors (Lipinski definition) is 1. The Morgan fingerprint density at radius 1 is 1.00 bits per heavy atom. The van der Waals surface area contributed by atoms with E-state index in [-0.39, 0.29) is 0 Å².